The fourth-order valence-corrected chi connectivity index (χ4v) is 2.52. The van der Waals surface area contributed by atoms with E-state index in [2.05, 4.69) is 11.6 Å². The third-order valence-electron chi connectivity index (χ3n) is 2.42. The molecular weight excluding hydrogens is 277 g/mol. The Hall–Kier alpha value is 0.0700. The zero-order chi connectivity index (χ0) is 12.7. The molecule has 0 aliphatic carbocycles. The van der Waals surface area contributed by atoms with E-state index in [4.69, 9.17) is 28.3 Å². The monoisotopic (exact) mass is 293 g/mol. The molecule has 5 heteroatoms. The molecule has 0 spiro atoms. The maximum atomic E-state index is 8.95. The highest BCUT2D eigenvalue weighted by Crippen LogP contribution is 2.22. The minimum atomic E-state index is 0.208. The number of aliphatic hydroxyl groups excluding tert-OH is 1. The molecule has 0 radical (unpaired) electrons. The lowest BCUT2D eigenvalue weighted by Crippen LogP contribution is -2.31. The normalized spacial score (nSPS) is 12.7. The van der Waals surface area contributed by atoms with E-state index in [9.17, 15) is 0 Å². The smallest absolute Gasteiger partial charge is 0.0595 e. The van der Waals surface area contributed by atoms with E-state index in [0.29, 0.717) is 16.1 Å². The third kappa shape index (κ3) is 5.49. The predicted octanol–water partition coefficient (Wildman–Crippen LogP) is 3.20. The van der Waals surface area contributed by atoms with Gasteiger partial charge in [0, 0.05) is 24.9 Å². The van der Waals surface area contributed by atoms with Crippen LogP contribution in [0, 0.1) is 0 Å². The first-order valence-corrected chi connectivity index (χ1v) is 7.59. The molecule has 2 N–H and O–H groups in total. The Balaban J connectivity index is 2.49. The molecule has 1 rings (SSSR count). The van der Waals surface area contributed by atoms with Crippen molar-refractivity contribution in [2.24, 2.45) is 0 Å². The molecule has 0 aliphatic rings. The van der Waals surface area contributed by atoms with Crippen LogP contribution in [-0.4, -0.2) is 29.8 Å². The van der Waals surface area contributed by atoms with Gasteiger partial charge in [0.1, 0.15) is 0 Å². The van der Waals surface area contributed by atoms with Gasteiger partial charge in [-0.1, -0.05) is 29.3 Å². The third-order valence-corrected chi connectivity index (χ3v) is 3.90. The van der Waals surface area contributed by atoms with Gasteiger partial charge in [0.25, 0.3) is 0 Å². The molecular formula is C12H17Cl2NOS. The van der Waals surface area contributed by atoms with Crippen LogP contribution in [0.25, 0.3) is 0 Å². The summed E-state index contributed by atoms with van der Waals surface area (Å²) in [6, 6.07) is 5.95. The van der Waals surface area contributed by atoms with E-state index in [-0.39, 0.29) is 6.61 Å². The minimum absolute atomic E-state index is 0.208. The van der Waals surface area contributed by atoms with E-state index in [0.717, 1.165) is 24.3 Å². The number of benzene rings is 1. The fourth-order valence-electron chi connectivity index (χ4n) is 1.51. The molecule has 1 aromatic rings. The molecule has 2 nitrogen and oxygen atoms in total. The lowest BCUT2D eigenvalue weighted by Gasteiger charge is -2.16. The van der Waals surface area contributed by atoms with Crippen LogP contribution >= 0.6 is 35.0 Å². The molecule has 0 saturated heterocycles. The van der Waals surface area contributed by atoms with Crippen molar-refractivity contribution in [1.82, 2.24) is 5.32 Å². The van der Waals surface area contributed by atoms with E-state index in [1.807, 2.05) is 12.1 Å². The molecule has 0 heterocycles. The Labute approximate surface area is 117 Å². The van der Waals surface area contributed by atoms with Crippen LogP contribution in [0.15, 0.2) is 18.2 Å². The van der Waals surface area contributed by atoms with Gasteiger partial charge in [-0.05, 0) is 30.4 Å². The van der Waals surface area contributed by atoms with Crippen molar-refractivity contribution in [2.75, 3.05) is 18.6 Å². The number of rotatable bonds is 7. The number of thioether (sulfide) groups is 1. The van der Waals surface area contributed by atoms with Crippen molar-refractivity contribution in [3.05, 3.63) is 33.8 Å². The molecule has 1 aromatic carbocycles. The maximum Gasteiger partial charge on any atom is 0.0595 e. The van der Waals surface area contributed by atoms with E-state index >= 15 is 0 Å². The summed E-state index contributed by atoms with van der Waals surface area (Å²) in [6.45, 7) is 0.946. The van der Waals surface area contributed by atoms with Crippen molar-refractivity contribution in [3.8, 4) is 0 Å². The number of hydrogen-bond acceptors (Lipinski definition) is 3. The van der Waals surface area contributed by atoms with Crippen LogP contribution in [0.1, 0.15) is 12.0 Å². The summed E-state index contributed by atoms with van der Waals surface area (Å²) in [5.41, 5.74) is 1.10. The molecule has 1 atom stereocenters. The lowest BCUT2D eigenvalue weighted by atomic mass is 10.2. The predicted molar refractivity (Wildman–Crippen MR) is 77.2 cm³/mol. The topological polar surface area (TPSA) is 32.3 Å². The first-order valence-electron chi connectivity index (χ1n) is 5.44. The summed E-state index contributed by atoms with van der Waals surface area (Å²) in [4.78, 5) is 0. The van der Waals surface area contributed by atoms with Crippen molar-refractivity contribution >= 4 is 35.0 Å². The zero-order valence-electron chi connectivity index (χ0n) is 9.75. The van der Waals surface area contributed by atoms with Crippen molar-refractivity contribution in [1.29, 1.82) is 0 Å². The summed E-state index contributed by atoms with van der Waals surface area (Å²) < 4.78 is 0. The fraction of sp³-hybridized carbons (Fsp3) is 0.500. The highest BCUT2D eigenvalue weighted by molar-refractivity contribution is 7.98. The molecule has 0 aromatic heterocycles. The summed E-state index contributed by atoms with van der Waals surface area (Å²) in [5, 5.41) is 13.5. The Kier molecular flexibility index (Phi) is 7.32. The van der Waals surface area contributed by atoms with Crippen LogP contribution in [-0.2, 0) is 6.54 Å². The molecule has 96 valence electrons. The Bertz CT molecular complexity index is 343. The number of halogens is 2. The molecule has 0 fully saturated rings. The van der Waals surface area contributed by atoms with Crippen molar-refractivity contribution in [3.63, 3.8) is 0 Å². The number of aliphatic hydroxyl groups is 1. The van der Waals surface area contributed by atoms with E-state index in [1.165, 1.54) is 0 Å². The van der Waals surface area contributed by atoms with Crippen LogP contribution < -0.4 is 5.32 Å². The number of hydrogen-bond donors (Lipinski definition) is 2. The summed E-state index contributed by atoms with van der Waals surface area (Å²) in [7, 11) is 0. The van der Waals surface area contributed by atoms with Gasteiger partial charge in [0.2, 0.25) is 0 Å². The second kappa shape index (κ2) is 8.22. The first kappa shape index (κ1) is 15.1. The van der Waals surface area contributed by atoms with Gasteiger partial charge in [0.15, 0.2) is 0 Å². The van der Waals surface area contributed by atoms with Gasteiger partial charge in [0.05, 0.1) is 10.0 Å². The first-order chi connectivity index (χ1) is 8.17. The largest absolute Gasteiger partial charge is 0.396 e. The van der Waals surface area contributed by atoms with Gasteiger partial charge in [-0.25, -0.2) is 0 Å². The minimum Gasteiger partial charge on any atom is -0.396 e. The molecule has 1 unspecified atom stereocenters. The SMILES string of the molecule is CSCC(CCO)NCc1ccc(Cl)c(Cl)c1. The van der Waals surface area contributed by atoms with Crippen LogP contribution in [0.3, 0.4) is 0 Å². The van der Waals surface area contributed by atoms with Gasteiger partial charge < -0.3 is 10.4 Å². The van der Waals surface area contributed by atoms with E-state index < -0.39 is 0 Å². The Morgan fingerprint density at radius 3 is 2.71 bits per heavy atom. The number of nitrogens with one attached hydrogen (secondary N) is 1. The van der Waals surface area contributed by atoms with Gasteiger partial charge in [-0.2, -0.15) is 11.8 Å². The summed E-state index contributed by atoms with van der Waals surface area (Å²) in [5.74, 6) is 0.988. The Morgan fingerprint density at radius 1 is 1.35 bits per heavy atom. The average Bonchev–Trinajstić information content (AvgIpc) is 2.31. The molecule has 0 amide bonds. The lowest BCUT2D eigenvalue weighted by molar-refractivity contribution is 0.270. The summed E-state index contributed by atoms with van der Waals surface area (Å²) in [6.07, 6.45) is 2.83. The summed E-state index contributed by atoms with van der Waals surface area (Å²) >= 11 is 13.6. The van der Waals surface area contributed by atoms with Crippen LogP contribution in [0.2, 0.25) is 10.0 Å². The maximum absolute atomic E-state index is 8.95. The highest BCUT2D eigenvalue weighted by Gasteiger charge is 2.07. The molecule has 17 heavy (non-hydrogen) atoms. The molecule has 0 bridgehead atoms. The van der Waals surface area contributed by atoms with Crippen LogP contribution in [0.4, 0.5) is 0 Å². The van der Waals surface area contributed by atoms with E-state index in [1.54, 1.807) is 17.8 Å². The van der Waals surface area contributed by atoms with Crippen molar-refractivity contribution in [2.45, 2.75) is 19.0 Å². The molecule has 0 saturated carbocycles. The zero-order valence-corrected chi connectivity index (χ0v) is 12.1. The second-order valence-electron chi connectivity index (χ2n) is 3.79. The second-order valence-corrected chi connectivity index (χ2v) is 5.52. The Morgan fingerprint density at radius 2 is 2.12 bits per heavy atom. The van der Waals surface area contributed by atoms with Gasteiger partial charge in [-0.3, -0.25) is 0 Å². The van der Waals surface area contributed by atoms with Gasteiger partial charge in [-0.15, -0.1) is 0 Å². The highest BCUT2D eigenvalue weighted by atomic mass is 35.5. The quantitative estimate of drug-likeness (QED) is 0.810. The van der Waals surface area contributed by atoms with Crippen molar-refractivity contribution < 1.29 is 5.11 Å². The van der Waals surface area contributed by atoms with Crippen LogP contribution in [0.5, 0.6) is 0 Å². The average molecular weight is 294 g/mol. The standard InChI is InChI=1S/C12H17Cl2NOS/c1-17-8-10(4-5-16)15-7-9-2-3-11(13)12(14)6-9/h2-3,6,10,15-16H,4-5,7-8H2,1H3. The molecule has 0 aliphatic heterocycles. The van der Waals surface area contributed by atoms with Gasteiger partial charge >= 0.3 is 0 Å².